The van der Waals surface area contributed by atoms with Crippen LogP contribution in [0.3, 0.4) is 0 Å². The highest BCUT2D eigenvalue weighted by Gasteiger charge is 2.14. The van der Waals surface area contributed by atoms with Crippen LogP contribution < -0.4 is 10.4 Å². The molecule has 1 rings (SSSR count). The number of nitrogens with zero attached hydrogens (tertiary/aromatic N) is 2. The molecule has 166 valence electrons. The van der Waals surface area contributed by atoms with Gasteiger partial charge in [0.25, 0.3) is 0 Å². The topological polar surface area (TPSA) is 58.4 Å². The molecule has 0 amide bonds. The molecule has 0 saturated carbocycles. The molecule has 1 atom stereocenters. The van der Waals surface area contributed by atoms with Crippen molar-refractivity contribution in [1.29, 1.82) is 0 Å². The summed E-state index contributed by atoms with van der Waals surface area (Å²) in [5.74, 6) is 2.05. The molecule has 1 aliphatic rings. The standard InChI is InChI=1S/C24H43N3O2/c1-3-4-5-6-7-8-9-10-11-12-13-14-17-25-23(2)27-19-16-15-18-26(20-21-27)22-24(28)29/h18,23,25H,3-15,17,20-22H2,1-2H3/b26-18+. The van der Waals surface area contributed by atoms with Crippen molar-refractivity contribution in [2.45, 2.75) is 103 Å². The summed E-state index contributed by atoms with van der Waals surface area (Å²) < 4.78 is 1.79. The van der Waals surface area contributed by atoms with Crippen LogP contribution in [-0.4, -0.2) is 54.0 Å². The molecule has 1 unspecified atom stereocenters. The lowest BCUT2D eigenvalue weighted by Crippen LogP contribution is -2.45. The number of hydrogen-bond donors (Lipinski definition) is 1. The Morgan fingerprint density at radius 1 is 1.07 bits per heavy atom. The van der Waals surface area contributed by atoms with Crippen molar-refractivity contribution < 1.29 is 14.5 Å². The summed E-state index contributed by atoms with van der Waals surface area (Å²) in [7, 11) is 0. The Morgan fingerprint density at radius 2 is 1.66 bits per heavy atom. The zero-order valence-corrected chi connectivity index (χ0v) is 18.9. The average Bonchev–Trinajstić information content (AvgIpc) is 2.67. The molecule has 1 N–H and O–H groups in total. The molecule has 0 fully saturated rings. The number of nitrogens with one attached hydrogen (secondary N) is 1. The van der Waals surface area contributed by atoms with Crippen molar-refractivity contribution in [1.82, 2.24) is 10.2 Å². The minimum Gasteiger partial charge on any atom is -0.544 e. The highest BCUT2D eigenvalue weighted by atomic mass is 16.4. The first kappa shape index (κ1) is 25.5. The molecule has 1 heterocycles. The lowest BCUT2D eigenvalue weighted by molar-refractivity contribution is -0.524. The highest BCUT2D eigenvalue weighted by Crippen LogP contribution is 2.11. The maximum atomic E-state index is 10.8. The predicted molar refractivity (Wildman–Crippen MR) is 119 cm³/mol. The van der Waals surface area contributed by atoms with E-state index < -0.39 is 5.97 Å². The maximum absolute atomic E-state index is 10.8. The van der Waals surface area contributed by atoms with Gasteiger partial charge in [-0.25, -0.2) is 4.58 Å². The number of rotatable bonds is 17. The van der Waals surface area contributed by atoms with Crippen molar-refractivity contribution in [3.05, 3.63) is 0 Å². The van der Waals surface area contributed by atoms with E-state index >= 15 is 0 Å². The molecule has 0 radical (unpaired) electrons. The van der Waals surface area contributed by atoms with E-state index in [0.29, 0.717) is 13.0 Å². The van der Waals surface area contributed by atoms with Crippen molar-refractivity contribution in [2.24, 2.45) is 0 Å². The van der Waals surface area contributed by atoms with E-state index in [1.807, 2.05) is 6.21 Å². The van der Waals surface area contributed by atoms with Gasteiger partial charge < -0.3 is 14.8 Å². The van der Waals surface area contributed by atoms with Crippen LogP contribution in [0.1, 0.15) is 97.3 Å². The van der Waals surface area contributed by atoms with E-state index in [9.17, 15) is 9.90 Å². The largest absolute Gasteiger partial charge is 0.544 e. The maximum Gasteiger partial charge on any atom is 0.182 e. The third kappa shape index (κ3) is 14.1. The smallest absolute Gasteiger partial charge is 0.182 e. The van der Waals surface area contributed by atoms with Crippen molar-refractivity contribution in [2.75, 3.05) is 26.2 Å². The van der Waals surface area contributed by atoms with E-state index in [1.165, 1.54) is 77.0 Å². The van der Waals surface area contributed by atoms with Crippen LogP contribution in [0, 0.1) is 12.0 Å². The summed E-state index contributed by atoms with van der Waals surface area (Å²) >= 11 is 0. The van der Waals surface area contributed by atoms with Gasteiger partial charge in [-0.2, -0.15) is 0 Å². The molecule has 0 saturated heterocycles. The number of carboxylic acids is 1. The van der Waals surface area contributed by atoms with Crippen LogP contribution in [0.15, 0.2) is 0 Å². The lowest BCUT2D eigenvalue weighted by atomic mass is 10.1. The molecule has 0 aromatic heterocycles. The second-order valence-electron chi connectivity index (χ2n) is 8.23. The Bertz CT molecular complexity index is 522. The zero-order chi connectivity index (χ0) is 21.2. The van der Waals surface area contributed by atoms with Crippen molar-refractivity contribution in [3.8, 4) is 12.0 Å². The van der Waals surface area contributed by atoms with Gasteiger partial charge in [-0.15, -0.1) is 0 Å². The van der Waals surface area contributed by atoms with Gasteiger partial charge in [0.05, 0.1) is 19.1 Å². The van der Waals surface area contributed by atoms with Gasteiger partial charge in [0, 0.05) is 6.04 Å². The summed E-state index contributed by atoms with van der Waals surface area (Å²) in [6.45, 7) is 6.73. The van der Waals surface area contributed by atoms with Gasteiger partial charge in [0.1, 0.15) is 5.97 Å². The van der Waals surface area contributed by atoms with Crippen molar-refractivity contribution >= 4 is 12.2 Å². The zero-order valence-electron chi connectivity index (χ0n) is 18.9. The number of unbranched alkanes of at least 4 members (excludes halogenated alkanes) is 11. The van der Waals surface area contributed by atoms with Crippen LogP contribution in [0.5, 0.6) is 0 Å². The first-order chi connectivity index (χ1) is 14.1. The van der Waals surface area contributed by atoms with Gasteiger partial charge in [-0.05, 0) is 19.9 Å². The molecule has 0 bridgehead atoms. The molecule has 0 aliphatic carbocycles. The molecular formula is C24H43N3O2. The summed E-state index contributed by atoms with van der Waals surface area (Å²) in [5.41, 5.74) is 0. The Labute approximate surface area is 178 Å². The minimum atomic E-state index is -1.04. The lowest BCUT2D eigenvalue weighted by Gasteiger charge is -2.26. The third-order valence-electron chi connectivity index (χ3n) is 5.57. The third-order valence-corrected chi connectivity index (χ3v) is 5.57. The van der Waals surface area contributed by atoms with Gasteiger partial charge in [-0.1, -0.05) is 83.5 Å². The van der Waals surface area contributed by atoms with E-state index in [0.717, 1.165) is 13.1 Å². The Kier molecular flexibility index (Phi) is 15.2. The van der Waals surface area contributed by atoms with E-state index in [1.54, 1.807) is 4.58 Å². The summed E-state index contributed by atoms with van der Waals surface area (Å²) in [4.78, 5) is 12.9. The fraction of sp³-hybridized carbons (Fsp3) is 0.833. The van der Waals surface area contributed by atoms with Crippen molar-refractivity contribution in [3.63, 3.8) is 0 Å². The fourth-order valence-corrected chi connectivity index (χ4v) is 3.69. The Balaban J connectivity index is 2.01. The number of carbonyl (C=O) groups is 1. The van der Waals surface area contributed by atoms with E-state index in [2.05, 4.69) is 36.0 Å². The molecule has 0 aromatic carbocycles. The number of carbonyl (C=O) groups excluding carboxylic acids is 1. The Morgan fingerprint density at radius 3 is 2.24 bits per heavy atom. The molecule has 5 nitrogen and oxygen atoms in total. The van der Waals surface area contributed by atoms with E-state index in [-0.39, 0.29) is 12.7 Å². The quantitative estimate of drug-likeness (QED) is 0.229. The molecule has 29 heavy (non-hydrogen) atoms. The molecular weight excluding hydrogens is 362 g/mol. The fourth-order valence-electron chi connectivity index (χ4n) is 3.69. The van der Waals surface area contributed by atoms with Crippen LogP contribution in [0.4, 0.5) is 0 Å². The number of hydrogen-bond acceptors (Lipinski definition) is 4. The first-order valence-electron chi connectivity index (χ1n) is 11.9. The predicted octanol–water partition coefficient (Wildman–Crippen LogP) is 3.12. The van der Waals surface area contributed by atoms with Gasteiger partial charge in [-0.3, -0.25) is 5.32 Å². The van der Waals surface area contributed by atoms with Crippen LogP contribution in [-0.2, 0) is 4.79 Å². The molecule has 0 aromatic rings. The van der Waals surface area contributed by atoms with E-state index in [4.69, 9.17) is 0 Å². The average molecular weight is 406 g/mol. The first-order valence-corrected chi connectivity index (χ1v) is 11.9. The SMILES string of the molecule is CCCCCCCCCCCCCCNC(C)N1C#CC/C=[N+](/CC(=O)[O-])CC1. The highest BCUT2D eigenvalue weighted by molar-refractivity contribution is 5.66. The normalized spacial score (nSPS) is 16.9. The summed E-state index contributed by atoms with van der Waals surface area (Å²) in [5, 5.41) is 14.4. The number of aliphatic carboxylic acids is 1. The monoisotopic (exact) mass is 405 g/mol. The summed E-state index contributed by atoms with van der Waals surface area (Å²) in [6, 6.07) is 3.19. The molecule has 5 heteroatoms. The second-order valence-corrected chi connectivity index (χ2v) is 8.23. The molecule has 0 spiro atoms. The van der Waals surface area contributed by atoms with Crippen LogP contribution >= 0.6 is 0 Å². The number of carboxylic acid groups (broad SMARTS) is 1. The molecule has 1 aliphatic heterocycles. The van der Waals surface area contributed by atoms with Gasteiger partial charge >= 0.3 is 0 Å². The van der Waals surface area contributed by atoms with Crippen LogP contribution in [0.25, 0.3) is 0 Å². The Hall–Kier alpha value is -1.54. The van der Waals surface area contributed by atoms with Gasteiger partial charge in [0.15, 0.2) is 19.3 Å². The van der Waals surface area contributed by atoms with Gasteiger partial charge in [0.2, 0.25) is 0 Å². The second kappa shape index (κ2) is 17.3. The summed E-state index contributed by atoms with van der Waals surface area (Å²) in [6.07, 6.45) is 19.0. The minimum absolute atomic E-state index is 0.0593. The van der Waals surface area contributed by atoms with Crippen LogP contribution in [0.2, 0.25) is 0 Å².